The van der Waals surface area contributed by atoms with Crippen LogP contribution >= 0.6 is 31.9 Å². The zero-order valence-electron chi connectivity index (χ0n) is 8.54. The lowest BCUT2D eigenvalue weighted by molar-refractivity contribution is -0.136. The quantitative estimate of drug-likeness (QED) is 0.647. The first-order chi connectivity index (χ1) is 7.58. The number of ether oxygens (including phenoxy) is 1. The molecule has 16 heavy (non-hydrogen) atoms. The Labute approximate surface area is 110 Å². The van der Waals surface area contributed by atoms with Gasteiger partial charge in [-0.05, 0) is 40.5 Å². The first-order valence-electron chi connectivity index (χ1n) is 4.64. The Morgan fingerprint density at radius 3 is 2.81 bits per heavy atom. The van der Waals surface area contributed by atoms with E-state index in [0.717, 1.165) is 8.95 Å². The molecule has 0 saturated carbocycles. The highest BCUT2D eigenvalue weighted by molar-refractivity contribution is 9.11. The minimum Gasteiger partial charge on any atom is -0.479 e. The molecule has 0 spiro atoms. The van der Waals surface area contributed by atoms with Crippen LogP contribution in [0, 0.1) is 0 Å². The van der Waals surface area contributed by atoms with Gasteiger partial charge in [-0.3, -0.25) is 10.0 Å². The summed E-state index contributed by atoms with van der Waals surface area (Å²) in [6.07, 6.45) is -0.249. The van der Waals surface area contributed by atoms with Crippen molar-refractivity contribution in [3.63, 3.8) is 0 Å². The average molecular weight is 353 g/mol. The van der Waals surface area contributed by atoms with E-state index in [1.807, 2.05) is 12.1 Å². The van der Waals surface area contributed by atoms with Gasteiger partial charge in [-0.2, -0.15) is 0 Å². The average Bonchev–Trinajstić information content (AvgIpc) is 2.29. The van der Waals surface area contributed by atoms with Crippen LogP contribution in [0.4, 0.5) is 0 Å². The number of halogens is 2. The molecule has 0 saturated heterocycles. The zero-order valence-corrected chi connectivity index (χ0v) is 11.7. The normalized spacial score (nSPS) is 12.0. The summed E-state index contributed by atoms with van der Waals surface area (Å²) >= 11 is 6.63. The Bertz CT molecular complexity index is 384. The number of hydroxylamine groups is 1. The van der Waals surface area contributed by atoms with Crippen LogP contribution in [-0.4, -0.2) is 17.2 Å². The van der Waals surface area contributed by atoms with Crippen LogP contribution in [0.2, 0.25) is 0 Å². The lowest BCUT2D eigenvalue weighted by atomic mass is 10.2. The van der Waals surface area contributed by atoms with Crippen LogP contribution in [0.5, 0.6) is 5.75 Å². The van der Waals surface area contributed by atoms with E-state index in [2.05, 4.69) is 31.9 Å². The molecule has 1 unspecified atom stereocenters. The van der Waals surface area contributed by atoms with Crippen molar-refractivity contribution in [2.45, 2.75) is 19.4 Å². The molecule has 1 atom stereocenters. The maximum absolute atomic E-state index is 11.2. The van der Waals surface area contributed by atoms with Crippen molar-refractivity contribution in [2.75, 3.05) is 0 Å². The third-order valence-electron chi connectivity index (χ3n) is 1.94. The van der Waals surface area contributed by atoms with E-state index in [1.54, 1.807) is 18.5 Å². The molecule has 1 amide bonds. The second kappa shape index (κ2) is 6.22. The molecule has 88 valence electrons. The first-order valence-corrected chi connectivity index (χ1v) is 6.22. The molecule has 0 aliphatic heterocycles. The summed E-state index contributed by atoms with van der Waals surface area (Å²) in [6.45, 7) is 1.80. The third kappa shape index (κ3) is 3.47. The minimum absolute atomic E-state index is 0.464. The Hall–Kier alpha value is -0.590. The number of carbonyl (C=O) groups is 1. The number of hydrogen-bond acceptors (Lipinski definition) is 3. The molecule has 4 nitrogen and oxygen atoms in total. The van der Waals surface area contributed by atoms with Crippen molar-refractivity contribution in [3.05, 3.63) is 27.1 Å². The molecule has 0 fully saturated rings. The van der Waals surface area contributed by atoms with Gasteiger partial charge in [0.05, 0.1) is 4.47 Å². The highest BCUT2D eigenvalue weighted by Crippen LogP contribution is 2.29. The maximum atomic E-state index is 11.2. The predicted octanol–water partition coefficient (Wildman–Crippen LogP) is 2.87. The van der Waals surface area contributed by atoms with Crippen molar-refractivity contribution < 1.29 is 14.7 Å². The predicted molar refractivity (Wildman–Crippen MR) is 66.5 cm³/mol. The Kier molecular flexibility index (Phi) is 5.24. The molecule has 1 aromatic carbocycles. The van der Waals surface area contributed by atoms with E-state index in [4.69, 9.17) is 9.94 Å². The molecule has 1 rings (SSSR count). The van der Waals surface area contributed by atoms with Crippen molar-refractivity contribution in [1.29, 1.82) is 0 Å². The summed E-state index contributed by atoms with van der Waals surface area (Å²) in [4.78, 5) is 11.2. The monoisotopic (exact) mass is 351 g/mol. The number of hydrogen-bond donors (Lipinski definition) is 2. The smallest absolute Gasteiger partial charge is 0.284 e. The second-order valence-corrected chi connectivity index (χ2v) is 4.84. The summed E-state index contributed by atoms with van der Waals surface area (Å²) in [5.74, 6) is -0.0146. The van der Waals surface area contributed by atoms with Gasteiger partial charge in [-0.15, -0.1) is 0 Å². The molecule has 0 bridgehead atoms. The molecule has 1 aromatic rings. The molecular formula is C10H11Br2NO3. The van der Waals surface area contributed by atoms with Crippen molar-refractivity contribution in [2.24, 2.45) is 0 Å². The first kappa shape index (κ1) is 13.5. The fraction of sp³-hybridized carbons (Fsp3) is 0.300. The van der Waals surface area contributed by atoms with Gasteiger partial charge >= 0.3 is 0 Å². The number of amides is 1. The van der Waals surface area contributed by atoms with Crippen LogP contribution in [-0.2, 0) is 4.79 Å². The third-order valence-corrected chi connectivity index (χ3v) is 3.08. The largest absolute Gasteiger partial charge is 0.479 e. The van der Waals surface area contributed by atoms with Crippen LogP contribution in [0.15, 0.2) is 27.1 Å². The Morgan fingerprint density at radius 2 is 2.25 bits per heavy atom. The van der Waals surface area contributed by atoms with Gasteiger partial charge in [0.1, 0.15) is 5.75 Å². The van der Waals surface area contributed by atoms with Gasteiger partial charge in [-0.25, -0.2) is 5.48 Å². The van der Waals surface area contributed by atoms with E-state index < -0.39 is 12.0 Å². The van der Waals surface area contributed by atoms with Gasteiger partial charge in [0.25, 0.3) is 5.91 Å². The highest BCUT2D eigenvalue weighted by atomic mass is 79.9. The van der Waals surface area contributed by atoms with Crippen molar-refractivity contribution in [3.8, 4) is 5.75 Å². The number of benzene rings is 1. The van der Waals surface area contributed by atoms with E-state index in [-0.39, 0.29) is 0 Å². The van der Waals surface area contributed by atoms with Gasteiger partial charge < -0.3 is 4.74 Å². The van der Waals surface area contributed by atoms with Gasteiger partial charge in [0.15, 0.2) is 6.10 Å². The topological polar surface area (TPSA) is 58.6 Å². The number of carbonyl (C=O) groups excluding carboxylic acids is 1. The molecule has 0 heterocycles. The van der Waals surface area contributed by atoms with E-state index in [1.165, 1.54) is 0 Å². The maximum Gasteiger partial charge on any atom is 0.284 e. The number of nitrogens with one attached hydrogen (secondary N) is 1. The second-order valence-electron chi connectivity index (χ2n) is 3.07. The zero-order chi connectivity index (χ0) is 12.1. The fourth-order valence-electron chi connectivity index (χ4n) is 1.12. The van der Waals surface area contributed by atoms with E-state index in [9.17, 15) is 4.79 Å². The van der Waals surface area contributed by atoms with Gasteiger partial charge in [0.2, 0.25) is 0 Å². The molecule has 6 heteroatoms. The van der Waals surface area contributed by atoms with Gasteiger partial charge in [0, 0.05) is 4.47 Å². The van der Waals surface area contributed by atoms with Gasteiger partial charge in [-0.1, -0.05) is 22.9 Å². The summed E-state index contributed by atoms with van der Waals surface area (Å²) in [5, 5.41) is 8.54. The summed E-state index contributed by atoms with van der Waals surface area (Å²) in [7, 11) is 0. The molecule has 2 N–H and O–H groups in total. The number of rotatable bonds is 4. The van der Waals surface area contributed by atoms with E-state index in [0.29, 0.717) is 12.2 Å². The van der Waals surface area contributed by atoms with Crippen LogP contribution < -0.4 is 10.2 Å². The molecular weight excluding hydrogens is 342 g/mol. The fourth-order valence-corrected chi connectivity index (χ4v) is 1.80. The SMILES string of the molecule is CCC(Oc1cc(Br)ccc1Br)C(=O)NO. The van der Waals surface area contributed by atoms with Crippen molar-refractivity contribution >= 4 is 37.8 Å². The van der Waals surface area contributed by atoms with Crippen LogP contribution in [0.25, 0.3) is 0 Å². The van der Waals surface area contributed by atoms with Crippen LogP contribution in [0.3, 0.4) is 0 Å². The molecule has 0 aromatic heterocycles. The Morgan fingerprint density at radius 1 is 1.56 bits per heavy atom. The molecule has 0 aliphatic carbocycles. The van der Waals surface area contributed by atoms with E-state index >= 15 is 0 Å². The Balaban J connectivity index is 2.85. The lowest BCUT2D eigenvalue weighted by Crippen LogP contribution is -2.36. The molecule has 0 aliphatic rings. The summed E-state index contributed by atoms with van der Waals surface area (Å²) in [5.41, 5.74) is 1.58. The minimum atomic E-state index is -0.712. The summed E-state index contributed by atoms with van der Waals surface area (Å²) in [6, 6.07) is 5.41. The lowest BCUT2D eigenvalue weighted by Gasteiger charge is -2.16. The molecule has 0 radical (unpaired) electrons. The summed E-state index contributed by atoms with van der Waals surface area (Å²) < 4.78 is 7.08. The van der Waals surface area contributed by atoms with Crippen molar-refractivity contribution in [1.82, 2.24) is 5.48 Å². The standard InChI is InChI=1S/C10H11Br2NO3/c1-2-8(10(14)13-15)16-9-5-6(11)3-4-7(9)12/h3-5,8,15H,2H2,1H3,(H,13,14). The highest BCUT2D eigenvalue weighted by Gasteiger charge is 2.18. The van der Waals surface area contributed by atoms with Crippen LogP contribution in [0.1, 0.15) is 13.3 Å².